The van der Waals surface area contributed by atoms with Gasteiger partial charge in [0.2, 0.25) is 0 Å². The Morgan fingerprint density at radius 3 is 2.67 bits per heavy atom. The molecule has 0 aliphatic heterocycles. The Labute approximate surface area is 114 Å². The second-order valence-electron chi connectivity index (χ2n) is 3.54. The smallest absolute Gasteiger partial charge is 0.151 e. The average Bonchev–Trinajstić information content (AvgIpc) is 2.38. The molecule has 2 aromatic rings. The average molecular weight is 309 g/mol. The van der Waals surface area contributed by atoms with Crippen LogP contribution in [0.5, 0.6) is 5.75 Å². The SMILES string of the molecule is CNc1cncc(Nc2cc(Br)cc(OC)c2)n1. The number of anilines is 3. The zero-order valence-corrected chi connectivity index (χ0v) is 11.7. The molecule has 1 aromatic carbocycles. The van der Waals surface area contributed by atoms with Gasteiger partial charge in [-0.2, -0.15) is 0 Å². The van der Waals surface area contributed by atoms with Gasteiger partial charge in [-0.25, -0.2) is 4.98 Å². The Morgan fingerprint density at radius 2 is 1.94 bits per heavy atom. The van der Waals surface area contributed by atoms with Crippen molar-refractivity contribution in [1.29, 1.82) is 0 Å². The van der Waals surface area contributed by atoms with E-state index >= 15 is 0 Å². The molecule has 0 atom stereocenters. The highest BCUT2D eigenvalue weighted by atomic mass is 79.9. The molecule has 1 heterocycles. The van der Waals surface area contributed by atoms with Gasteiger partial charge in [-0.15, -0.1) is 0 Å². The van der Waals surface area contributed by atoms with Crippen molar-refractivity contribution in [2.24, 2.45) is 0 Å². The maximum Gasteiger partial charge on any atom is 0.151 e. The molecule has 0 bridgehead atoms. The molecular formula is C12H13BrN4O. The van der Waals surface area contributed by atoms with E-state index in [1.165, 1.54) is 0 Å². The number of nitrogens with zero attached hydrogens (tertiary/aromatic N) is 2. The van der Waals surface area contributed by atoms with Gasteiger partial charge >= 0.3 is 0 Å². The number of halogens is 1. The first kappa shape index (κ1) is 12.6. The van der Waals surface area contributed by atoms with Crippen LogP contribution in [0.25, 0.3) is 0 Å². The summed E-state index contributed by atoms with van der Waals surface area (Å²) < 4.78 is 6.13. The predicted molar refractivity (Wildman–Crippen MR) is 75.6 cm³/mol. The fourth-order valence-corrected chi connectivity index (χ4v) is 1.92. The highest BCUT2D eigenvalue weighted by Crippen LogP contribution is 2.26. The van der Waals surface area contributed by atoms with Crippen molar-refractivity contribution in [1.82, 2.24) is 9.97 Å². The molecule has 6 heteroatoms. The molecule has 0 saturated heterocycles. The van der Waals surface area contributed by atoms with Crippen molar-refractivity contribution in [3.8, 4) is 5.75 Å². The maximum atomic E-state index is 5.20. The van der Waals surface area contributed by atoms with Crippen LogP contribution in [0.2, 0.25) is 0 Å². The van der Waals surface area contributed by atoms with Crippen molar-refractivity contribution in [2.75, 3.05) is 24.8 Å². The topological polar surface area (TPSA) is 59.1 Å². The van der Waals surface area contributed by atoms with E-state index < -0.39 is 0 Å². The van der Waals surface area contributed by atoms with Crippen molar-refractivity contribution < 1.29 is 4.74 Å². The van der Waals surface area contributed by atoms with Crippen molar-refractivity contribution in [2.45, 2.75) is 0 Å². The van der Waals surface area contributed by atoms with Gasteiger partial charge in [0.15, 0.2) is 5.82 Å². The number of hydrogen-bond donors (Lipinski definition) is 2. The molecule has 5 nitrogen and oxygen atoms in total. The van der Waals surface area contributed by atoms with E-state index in [0.29, 0.717) is 11.6 Å². The van der Waals surface area contributed by atoms with Crippen LogP contribution in [-0.2, 0) is 0 Å². The summed E-state index contributed by atoms with van der Waals surface area (Å²) in [6.45, 7) is 0. The molecule has 2 rings (SSSR count). The van der Waals surface area contributed by atoms with Crippen LogP contribution in [-0.4, -0.2) is 24.1 Å². The minimum Gasteiger partial charge on any atom is -0.497 e. The second kappa shape index (κ2) is 5.68. The van der Waals surface area contributed by atoms with Gasteiger partial charge in [-0.05, 0) is 12.1 Å². The summed E-state index contributed by atoms with van der Waals surface area (Å²) in [5, 5.41) is 6.11. The van der Waals surface area contributed by atoms with Crippen LogP contribution in [0.1, 0.15) is 0 Å². The summed E-state index contributed by atoms with van der Waals surface area (Å²) in [7, 11) is 3.43. The van der Waals surface area contributed by atoms with Gasteiger partial charge in [0.25, 0.3) is 0 Å². The van der Waals surface area contributed by atoms with E-state index in [-0.39, 0.29) is 0 Å². The van der Waals surface area contributed by atoms with Gasteiger partial charge < -0.3 is 15.4 Å². The summed E-state index contributed by atoms with van der Waals surface area (Å²) in [5.41, 5.74) is 0.878. The molecule has 0 aliphatic rings. The quantitative estimate of drug-likeness (QED) is 0.909. The summed E-state index contributed by atoms with van der Waals surface area (Å²) in [6.07, 6.45) is 3.32. The Hall–Kier alpha value is -1.82. The highest BCUT2D eigenvalue weighted by Gasteiger charge is 2.02. The number of aromatic nitrogens is 2. The largest absolute Gasteiger partial charge is 0.497 e. The molecule has 0 aliphatic carbocycles. The molecule has 0 radical (unpaired) electrons. The second-order valence-corrected chi connectivity index (χ2v) is 4.46. The van der Waals surface area contributed by atoms with Crippen LogP contribution >= 0.6 is 15.9 Å². The summed E-state index contributed by atoms with van der Waals surface area (Å²) in [6, 6.07) is 5.72. The molecule has 94 valence electrons. The lowest BCUT2D eigenvalue weighted by Crippen LogP contribution is -1.99. The minimum atomic E-state index is 0.669. The monoisotopic (exact) mass is 308 g/mol. The zero-order chi connectivity index (χ0) is 13.0. The van der Waals surface area contributed by atoms with Gasteiger partial charge in [-0.1, -0.05) is 15.9 Å². The van der Waals surface area contributed by atoms with E-state index in [2.05, 4.69) is 36.5 Å². The van der Waals surface area contributed by atoms with Crippen LogP contribution < -0.4 is 15.4 Å². The Bertz CT molecular complexity index is 547. The highest BCUT2D eigenvalue weighted by molar-refractivity contribution is 9.10. The van der Waals surface area contributed by atoms with E-state index in [9.17, 15) is 0 Å². The first-order valence-corrected chi connectivity index (χ1v) is 6.12. The maximum absolute atomic E-state index is 5.20. The van der Waals surface area contributed by atoms with Crippen LogP contribution in [0.15, 0.2) is 35.1 Å². The fourth-order valence-electron chi connectivity index (χ4n) is 1.45. The van der Waals surface area contributed by atoms with E-state index in [4.69, 9.17) is 4.74 Å². The number of rotatable bonds is 4. The Morgan fingerprint density at radius 1 is 1.17 bits per heavy atom. The van der Waals surface area contributed by atoms with Crippen molar-refractivity contribution >= 4 is 33.3 Å². The lowest BCUT2D eigenvalue weighted by atomic mass is 10.3. The first-order valence-electron chi connectivity index (χ1n) is 5.32. The number of nitrogens with one attached hydrogen (secondary N) is 2. The summed E-state index contributed by atoms with van der Waals surface area (Å²) in [4.78, 5) is 8.42. The third-order valence-electron chi connectivity index (χ3n) is 2.27. The van der Waals surface area contributed by atoms with Gasteiger partial charge in [0, 0.05) is 23.3 Å². The molecule has 18 heavy (non-hydrogen) atoms. The van der Waals surface area contributed by atoms with E-state index in [1.807, 2.05) is 18.2 Å². The van der Waals surface area contributed by atoms with Crippen molar-refractivity contribution in [3.63, 3.8) is 0 Å². The number of hydrogen-bond acceptors (Lipinski definition) is 5. The molecule has 0 spiro atoms. The third-order valence-corrected chi connectivity index (χ3v) is 2.73. The predicted octanol–water partition coefficient (Wildman–Crippen LogP) is 3.03. The molecule has 0 unspecified atom stereocenters. The minimum absolute atomic E-state index is 0.669. The summed E-state index contributed by atoms with van der Waals surface area (Å²) >= 11 is 3.43. The van der Waals surface area contributed by atoms with E-state index in [1.54, 1.807) is 26.6 Å². The molecule has 0 saturated carbocycles. The number of benzene rings is 1. The fraction of sp³-hybridized carbons (Fsp3) is 0.167. The number of methoxy groups -OCH3 is 1. The standard InChI is InChI=1S/C12H13BrN4O/c1-14-11-6-15-7-12(17-11)16-9-3-8(13)4-10(5-9)18-2/h3-7H,1-2H3,(H2,14,16,17). The lowest BCUT2D eigenvalue weighted by molar-refractivity contribution is 0.415. The van der Waals surface area contributed by atoms with Crippen LogP contribution in [0, 0.1) is 0 Å². The Balaban J connectivity index is 2.24. The normalized spacial score (nSPS) is 9.94. The van der Waals surface area contributed by atoms with Gasteiger partial charge in [0.05, 0.1) is 19.5 Å². The van der Waals surface area contributed by atoms with Crippen LogP contribution in [0.4, 0.5) is 17.3 Å². The molecule has 1 aromatic heterocycles. The lowest BCUT2D eigenvalue weighted by Gasteiger charge is -2.09. The molecule has 0 fully saturated rings. The van der Waals surface area contributed by atoms with Crippen LogP contribution in [0.3, 0.4) is 0 Å². The Kier molecular flexibility index (Phi) is 3.99. The van der Waals surface area contributed by atoms with Crippen molar-refractivity contribution in [3.05, 3.63) is 35.1 Å². The summed E-state index contributed by atoms with van der Waals surface area (Å²) in [5.74, 6) is 2.15. The third kappa shape index (κ3) is 3.10. The molecule has 2 N–H and O–H groups in total. The zero-order valence-electron chi connectivity index (χ0n) is 10.1. The van der Waals surface area contributed by atoms with Gasteiger partial charge in [-0.3, -0.25) is 4.98 Å². The first-order chi connectivity index (χ1) is 8.71. The van der Waals surface area contributed by atoms with E-state index in [0.717, 1.165) is 15.9 Å². The number of ether oxygens (including phenoxy) is 1. The molecule has 0 amide bonds. The van der Waals surface area contributed by atoms with Gasteiger partial charge in [0.1, 0.15) is 11.6 Å². The molecular weight excluding hydrogens is 296 g/mol.